The molecule has 6 aromatic carbocycles. The number of hydrogen-bond acceptors (Lipinski definition) is 1. The Morgan fingerprint density at radius 1 is 0.326 bits per heavy atom. The Morgan fingerprint density at radius 3 is 0.930 bits per heavy atom. The maximum absolute atomic E-state index is 8.12. The highest BCUT2D eigenvalue weighted by atomic mass is 28.4. The van der Waals surface area contributed by atoms with E-state index in [0.29, 0.717) is 0 Å². The number of hydrogen-bond donors (Lipinski definition) is 0. The van der Waals surface area contributed by atoms with Crippen molar-refractivity contribution in [2.24, 2.45) is 0 Å². The highest BCUT2D eigenvalue weighted by Gasteiger charge is 2.48. The quantitative estimate of drug-likeness (QED) is 0.124. The first-order valence-electron chi connectivity index (χ1n) is 14.7. The van der Waals surface area contributed by atoms with Gasteiger partial charge in [-0.1, -0.05) is 206 Å². The lowest BCUT2D eigenvalue weighted by Crippen LogP contribution is -2.74. The normalized spacial score (nSPS) is 13.2. The molecule has 0 fully saturated rings. The van der Waals surface area contributed by atoms with Crippen molar-refractivity contribution in [3.8, 4) is 0 Å². The van der Waals surface area contributed by atoms with Crippen LogP contribution in [0.15, 0.2) is 193 Å². The largest absolute Gasteiger partial charge is 0.436 e. The van der Waals surface area contributed by atoms with Crippen molar-refractivity contribution in [2.75, 3.05) is 0 Å². The van der Waals surface area contributed by atoms with Gasteiger partial charge in [0.25, 0.3) is 16.6 Å². The van der Waals surface area contributed by atoms with Crippen LogP contribution in [0.4, 0.5) is 0 Å². The van der Waals surface area contributed by atoms with Gasteiger partial charge >= 0.3 is 0 Å². The average Bonchev–Trinajstić information content (AvgIpc) is 3.11. The SMILES string of the molecule is C(=C[Si](C=Cc1ccccc1)(O[Si](c1ccccc1)(c1ccccc1)c1ccccc1)c1ccccc1)c1ccccc1. The average molecular weight is 587 g/mol. The summed E-state index contributed by atoms with van der Waals surface area (Å²) in [5.41, 5.74) is 7.04. The van der Waals surface area contributed by atoms with Gasteiger partial charge in [0.05, 0.1) is 0 Å². The summed E-state index contributed by atoms with van der Waals surface area (Å²) in [5.74, 6) is 0. The molecule has 3 heteroatoms. The summed E-state index contributed by atoms with van der Waals surface area (Å²) in [6.07, 6.45) is 4.49. The molecule has 0 bridgehead atoms. The minimum atomic E-state index is -3.06. The van der Waals surface area contributed by atoms with Crippen LogP contribution < -0.4 is 20.7 Å². The maximum atomic E-state index is 8.12. The molecule has 6 rings (SSSR count). The summed E-state index contributed by atoms with van der Waals surface area (Å²) in [6.45, 7) is 0. The van der Waals surface area contributed by atoms with Crippen LogP contribution in [0.3, 0.4) is 0 Å². The molecule has 0 aliphatic heterocycles. The Balaban J connectivity index is 1.67. The van der Waals surface area contributed by atoms with Crippen LogP contribution in [0.5, 0.6) is 0 Å². The van der Waals surface area contributed by atoms with Crippen LogP contribution in [0.2, 0.25) is 0 Å². The summed E-state index contributed by atoms with van der Waals surface area (Å²) in [5, 5.41) is 4.87. The maximum Gasteiger partial charge on any atom is 0.278 e. The van der Waals surface area contributed by atoms with E-state index in [1.165, 1.54) is 20.7 Å². The van der Waals surface area contributed by atoms with Crippen LogP contribution >= 0.6 is 0 Å². The second kappa shape index (κ2) is 13.4. The third-order valence-corrected chi connectivity index (χ3v) is 16.3. The zero-order chi connectivity index (χ0) is 29.2. The molecular formula is C40H34OSi2. The van der Waals surface area contributed by atoms with Crippen molar-refractivity contribution in [3.05, 3.63) is 205 Å². The van der Waals surface area contributed by atoms with Crippen LogP contribution in [0, 0.1) is 0 Å². The summed E-state index contributed by atoms with van der Waals surface area (Å²) in [7, 11) is -6.08. The summed E-state index contributed by atoms with van der Waals surface area (Å²) in [4.78, 5) is 0. The topological polar surface area (TPSA) is 9.23 Å². The van der Waals surface area contributed by atoms with E-state index in [0.717, 1.165) is 11.1 Å². The molecule has 0 amide bonds. The Morgan fingerprint density at radius 2 is 0.605 bits per heavy atom. The number of benzene rings is 6. The van der Waals surface area contributed by atoms with Gasteiger partial charge in [-0.3, -0.25) is 0 Å². The van der Waals surface area contributed by atoms with Crippen molar-refractivity contribution in [1.82, 2.24) is 0 Å². The van der Waals surface area contributed by atoms with E-state index >= 15 is 0 Å². The van der Waals surface area contributed by atoms with Crippen molar-refractivity contribution in [3.63, 3.8) is 0 Å². The highest BCUT2D eigenvalue weighted by molar-refractivity contribution is 7.14. The molecule has 0 saturated carbocycles. The molecule has 0 aliphatic carbocycles. The molecule has 0 N–H and O–H groups in total. The molecule has 208 valence electrons. The Bertz CT molecular complexity index is 1610. The summed E-state index contributed by atoms with van der Waals surface area (Å²) in [6, 6.07) is 64.4. The zero-order valence-electron chi connectivity index (χ0n) is 24.0. The second-order valence-electron chi connectivity index (χ2n) is 10.5. The lowest BCUT2D eigenvalue weighted by Gasteiger charge is -2.41. The van der Waals surface area contributed by atoms with Crippen molar-refractivity contribution in [1.29, 1.82) is 0 Å². The molecule has 1 nitrogen and oxygen atoms in total. The molecule has 0 spiro atoms. The fourth-order valence-corrected chi connectivity index (χ4v) is 15.1. The van der Waals surface area contributed by atoms with Crippen molar-refractivity contribution >= 4 is 49.5 Å². The van der Waals surface area contributed by atoms with E-state index < -0.39 is 16.6 Å². The van der Waals surface area contributed by atoms with Gasteiger partial charge in [0.2, 0.25) is 0 Å². The predicted octanol–water partition coefficient (Wildman–Crippen LogP) is 7.03. The fraction of sp³-hybridized carbons (Fsp3) is 0. The van der Waals surface area contributed by atoms with Gasteiger partial charge in [0, 0.05) is 0 Å². The number of rotatable bonds is 10. The third kappa shape index (κ3) is 6.35. The van der Waals surface area contributed by atoms with Gasteiger partial charge in [-0.15, -0.1) is 0 Å². The molecule has 0 radical (unpaired) electrons. The minimum Gasteiger partial charge on any atom is -0.436 e. The minimum absolute atomic E-state index is 1.15. The first-order valence-corrected chi connectivity index (χ1v) is 18.7. The Hall–Kier alpha value is -4.81. The monoisotopic (exact) mass is 586 g/mol. The van der Waals surface area contributed by atoms with Crippen molar-refractivity contribution < 1.29 is 4.12 Å². The summed E-state index contributed by atoms with van der Waals surface area (Å²) >= 11 is 0. The van der Waals surface area contributed by atoms with Crippen LogP contribution in [-0.2, 0) is 4.12 Å². The third-order valence-electron chi connectivity index (χ3n) is 7.73. The van der Waals surface area contributed by atoms with E-state index in [4.69, 9.17) is 4.12 Å². The molecule has 0 saturated heterocycles. The predicted molar refractivity (Wildman–Crippen MR) is 188 cm³/mol. The van der Waals surface area contributed by atoms with Gasteiger partial charge in [-0.25, -0.2) is 0 Å². The van der Waals surface area contributed by atoms with Crippen LogP contribution in [0.1, 0.15) is 11.1 Å². The van der Waals surface area contributed by atoms with E-state index in [9.17, 15) is 0 Å². The van der Waals surface area contributed by atoms with E-state index in [1.807, 2.05) is 0 Å². The molecule has 0 heterocycles. The van der Waals surface area contributed by atoms with Crippen LogP contribution in [-0.4, -0.2) is 16.6 Å². The van der Waals surface area contributed by atoms with E-state index in [1.54, 1.807) is 0 Å². The Labute approximate surface area is 257 Å². The summed E-state index contributed by atoms with van der Waals surface area (Å²) < 4.78 is 8.12. The molecular weight excluding hydrogens is 553 g/mol. The zero-order valence-corrected chi connectivity index (χ0v) is 26.0. The fourth-order valence-electron chi connectivity index (χ4n) is 5.59. The standard InChI is InChI=1S/C40H34OSi2/c1-7-19-35(20-8-1)31-33-42(37-23-11-3-12-24-37,34-32-36-21-9-2-10-22-36)41-43(38-25-13-4-14-26-38,39-27-15-5-16-28-39)40-29-17-6-18-30-40/h1-34H. The highest BCUT2D eigenvalue weighted by Crippen LogP contribution is 2.22. The molecule has 0 atom stereocenters. The first kappa shape index (κ1) is 28.3. The lowest BCUT2D eigenvalue weighted by molar-refractivity contribution is 0.598. The molecule has 43 heavy (non-hydrogen) atoms. The lowest BCUT2D eigenvalue weighted by atomic mass is 10.2. The Kier molecular flexibility index (Phi) is 8.86. The van der Waals surface area contributed by atoms with E-state index in [-0.39, 0.29) is 0 Å². The van der Waals surface area contributed by atoms with Crippen LogP contribution in [0.25, 0.3) is 12.2 Å². The smallest absolute Gasteiger partial charge is 0.278 e. The van der Waals surface area contributed by atoms with Crippen molar-refractivity contribution in [2.45, 2.75) is 0 Å². The molecule has 0 aliphatic rings. The molecule has 0 unspecified atom stereocenters. The molecule has 6 aromatic rings. The van der Waals surface area contributed by atoms with Gasteiger partial charge in [-0.05, 0) is 31.9 Å². The van der Waals surface area contributed by atoms with Gasteiger partial charge in [0.1, 0.15) is 0 Å². The first-order chi connectivity index (χ1) is 21.3. The van der Waals surface area contributed by atoms with Gasteiger partial charge < -0.3 is 4.12 Å². The molecule has 0 aromatic heterocycles. The van der Waals surface area contributed by atoms with E-state index in [2.05, 4.69) is 206 Å². The van der Waals surface area contributed by atoms with Gasteiger partial charge in [-0.2, -0.15) is 0 Å². The second-order valence-corrected chi connectivity index (χ2v) is 17.3. The van der Waals surface area contributed by atoms with Gasteiger partial charge in [0.15, 0.2) is 0 Å².